The number of aryl methyl sites for hydroxylation is 2. The number of hydrogen-bond acceptors (Lipinski definition) is 4. The minimum Gasteiger partial charge on any atom is -0.368 e. The van der Waals surface area contributed by atoms with E-state index in [1.807, 2.05) is 6.92 Å². The molecule has 22 heavy (non-hydrogen) atoms. The van der Waals surface area contributed by atoms with Crippen molar-refractivity contribution in [2.75, 3.05) is 0 Å². The molecule has 0 unspecified atom stereocenters. The molecule has 2 aromatic rings. The Morgan fingerprint density at radius 3 is 2.50 bits per heavy atom. The van der Waals surface area contributed by atoms with Gasteiger partial charge in [-0.3, -0.25) is 9.78 Å². The van der Waals surface area contributed by atoms with Gasteiger partial charge in [-0.25, -0.2) is 0 Å². The molecule has 0 spiro atoms. The lowest BCUT2D eigenvalue weighted by atomic mass is 10.2. The Balaban J connectivity index is 2.56. The second kappa shape index (κ2) is 6.10. The molecular formula is C14H16N4O3S. The van der Waals surface area contributed by atoms with E-state index in [2.05, 4.69) is 9.38 Å². The van der Waals surface area contributed by atoms with Gasteiger partial charge in [-0.15, -0.1) is 4.40 Å². The number of aromatic nitrogens is 2. The van der Waals surface area contributed by atoms with Crippen LogP contribution in [0.25, 0.3) is 0 Å². The molecule has 0 saturated carbocycles. The number of carbonyl (C=O) groups is 1. The van der Waals surface area contributed by atoms with E-state index in [1.165, 1.54) is 29.1 Å². The van der Waals surface area contributed by atoms with Gasteiger partial charge in [0.1, 0.15) is 6.54 Å². The first-order valence-corrected chi connectivity index (χ1v) is 7.91. The SMILES string of the molecule is Cc1ccc(S(=O)(=O)/N=c2\cnc(C)cn2CC(N)=O)cc1. The first kappa shape index (κ1) is 15.9. The Bertz CT molecular complexity index is 868. The first-order valence-electron chi connectivity index (χ1n) is 6.47. The molecule has 1 aromatic heterocycles. The molecule has 1 amide bonds. The van der Waals surface area contributed by atoms with Crippen molar-refractivity contribution in [3.8, 4) is 0 Å². The first-order chi connectivity index (χ1) is 10.3. The number of amides is 1. The summed E-state index contributed by atoms with van der Waals surface area (Å²) in [5.41, 5.74) is 6.77. The fourth-order valence-electron chi connectivity index (χ4n) is 1.82. The van der Waals surface area contributed by atoms with Crippen molar-refractivity contribution in [1.82, 2.24) is 9.55 Å². The average molecular weight is 320 g/mol. The van der Waals surface area contributed by atoms with Gasteiger partial charge >= 0.3 is 0 Å². The van der Waals surface area contributed by atoms with Crippen LogP contribution in [0.15, 0.2) is 46.0 Å². The van der Waals surface area contributed by atoms with Crippen LogP contribution >= 0.6 is 0 Å². The zero-order valence-electron chi connectivity index (χ0n) is 12.2. The molecule has 0 aliphatic carbocycles. The van der Waals surface area contributed by atoms with Gasteiger partial charge in [-0.2, -0.15) is 8.42 Å². The Morgan fingerprint density at radius 1 is 1.27 bits per heavy atom. The summed E-state index contributed by atoms with van der Waals surface area (Å²) in [6.45, 7) is 3.40. The van der Waals surface area contributed by atoms with E-state index in [-0.39, 0.29) is 16.9 Å². The van der Waals surface area contributed by atoms with Crippen LogP contribution in [-0.2, 0) is 21.4 Å². The van der Waals surface area contributed by atoms with Gasteiger partial charge in [0.25, 0.3) is 10.0 Å². The highest BCUT2D eigenvalue weighted by Crippen LogP contribution is 2.12. The van der Waals surface area contributed by atoms with Crippen LogP contribution in [0, 0.1) is 13.8 Å². The highest BCUT2D eigenvalue weighted by molar-refractivity contribution is 7.90. The summed E-state index contributed by atoms with van der Waals surface area (Å²) in [6.07, 6.45) is 2.82. The minimum atomic E-state index is -3.89. The molecule has 0 aliphatic rings. The van der Waals surface area contributed by atoms with E-state index in [4.69, 9.17) is 5.73 Å². The lowest BCUT2D eigenvalue weighted by molar-refractivity contribution is -0.118. The molecule has 2 N–H and O–H groups in total. The van der Waals surface area contributed by atoms with Gasteiger partial charge < -0.3 is 10.3 Å². The van der Waals surface area contributed by atoms with E-state index < -0.39 is 15.9 Å². The highest BCUT2D eigenvalue weighted by Gasteiger charge is 2.12. The van der Waals surface area contributed by atoms with E-state index in [9.17, 15) is 13.2 Å². The highest BCUT2D eigenvalue weighted by atomic mass is 32.2. The lowest BCUT2D eigenvalue weighted by Crippen LogP contribution is -2.29. The maximum Gasteiger partial charge on any atom is 0.284 e. The molecule has 2 rings (SSSR count). The Hall–Kier alpha value is -2.48. The molecule has 0 radical (unpaired) electrons. The smallest absolute Gasteiger partial charge is 0.284 e. The van der Waals surface area contributed by atoms with Crippen LogP contribution in [0.4, 0.5) is 0 Å². The topological polar surface area (TPSA) is 107 Å². The van der Waals surface area contributed by atoms with Gasteiger partial charge in [0.2, 0.25) is 5.91 Å². The zero-order chi connectivity index (χ0) is 16.3. The van der Waals surface area contributed by atoms with Crippen molar-refractivity contribution in [3.63, 3.8) is 0 Å². The van der Waals surface area contributed by atoms with E-state index in [1.54, 1.807) is 19.1 Å². The monoisotopic (exact) mass is 320 g/mol. The lowest BCUT2D eigenvalue weighted by Gasteiger charge is -2.06. The van der Waals surface area contributed by atoms with Gasteiger partial charge in [-0.1, -0.05) is 17.7 Å². The number of benzene rings is 1. The second-order valence-electron chi connectivity index (χ2n) is 4.86. The van der Waals surface area contributed by atoms with Gasteiger partial charge in [0.15, 0.2) is 5.49 Å². The number of rotatable bonds is 4. The molecule has 0 saturated heterocycles. The van der Waals surface area contributed by atoms with Crippen molar-refractivity contribution < 1.29 is 13.2 Å². The summed E-state index contributed by atoms with van der Waals surface area (Å²) >= 11 is 0. The van der Waals surface area contributed by atoms with Gasteiger partial charge in [0.05, 0.1) is 16.8 Å². The number of nitrogens with two attached hydrogens (primary N) is 1. The maximum atomic E-state index is 12.3. The van der Waals surface area contributed by atoms with E-state index in [0.717, 1.165) is 5.56 Å². The number of carbonyl (C=O) groups excluding carboxylic acids is 1. The van der Waals surface area contributed by atoms with Crippen LogP contribution in [0.2, 0.25) is 0 Å². The zero-order valence-corrected chi connectivity index (χ0v) is 13.0. The number of primary amides is 1. The summed E-state index contributed by atoms with van der Waals surface area (Å²) in [4.78, 5) is 15.2. The van der Waals surface area contributed by atoms with E-state index in [0.29, 0.717) is 5.69 Å². The molecule has 0 bridgehead atoms. The summed E-state index contributed by atoms with van der Waals surface area (Å²) in [5.74, 6) is -0.597. The molecule has 0 atom stereocenters. The number of nitrogens with zero attached hydrogens (tertiary/aromatic N) is 3. The molecule has 1 heterocycles. The van der Waals surface area contributed by atoms with Crippen LogP contribution in [0.5, 0.6) is 0 Å². The Morgan fingerprint density at radius 2 is 1.91 bits per heavy atom. The quantitative estimate of drug-likeness (QED) is 0.872. The predicted molar refractivity (Wildman–Crippen MR) is 80.1 cm³/mol. The third kappa shape index (κ3) is 3.79. The Kier molecular flexibility index (Phi) is 4.41. The number of hydrogen-bond donors (Lipinski definition) is 1. The predicted octanol–water partition coefficient (Wildman–Crippen LogP) is 0.275. The van der Waals surface area contributed by atoms with Crippen molar-refractivity contribution in [1.29, 1.82) is 0 Å². The largest absolute Gasteiger partial charge is 0.368 e. The van der Waals surface area contributed by atoms with Crippen LogP contribution in [0.1, 0.15) is 11.3 Å². The van der Waals surface area contributed by atoms with Crippen molar-refractivity contribution in [2.24, 2.45) is 10.1 Å². The number of sulfonamides is 1. The van der Waals surface area contributed by atoms with Gasteiger partial charge in [-0.05, 0) is 26.0 Å². The molecular weight excluding hydrogens is 304 g/mol. The van der Waals surface area contributed by atoms with Crippen molar-refractivity contribution in [2.45, 2.75) is 25.3 Å². The minimum absolute atomic E-state index is 0.0463. The summed E-state index contributed by atoms with van der Waals surface area (Å²) in [7, 11) is -3.89. The average Bonchev–Trinajstić information content (AvgIpc) is 2.41. The molecule has 7 nitrogen and oxygen atoms in total. The summed E-state index contributed by atoms with van der Waals surface area (Å²) < 4.78 is 29.7. The fourth-order valence-corrected chi connectivity index (χ4v) is 2.80. The summed E-state index contributed by atoms with van der Waals surface area (Å²) in [6, 6.07) is 6.34. The van der Waals surface area contributed by atoms with Crippen LogP contribution < -0.4 is 11.2 Å². The third-order valence-corrected chi connectivity index (χ3v) is 4.17. The molecule has 8 heteroatoms. The molecule has 1 aromatic carbocycles. The fraction of sp³-hybridized carbons (Fsp3) is 0.214. The normalized spacial score (nSPS) is 12.4. The second-order valence-corrected chi connectivity index (χ2v) is 6.46. The van der Waals surface area contributed by atoms with Crippen molar-refractivity contribution >= 4 is 15.9 Å². The Labute approximate surface area is 128 Å². The molecule has 0 fully saturated rings. The van der Waals surface area contributed by atoms with Gasteiger partial charge in [0, 0.05) is 6.20 Å². The maximum absolute atomic E-state index is 12.3. The van der Waals surface area contributed by atoms with E-state index >= 15 is 0 Å². The van der Waals surface area contributed by atoms with Crippen molar-refractivity contribution in [3.05, 3.63) is 53.4 Å². The third-order valence-electron chi connectivity index (χ3n) is 2.88. The van der Waals surface area contributed by atoms with Crippen LogP contribution in [0.3, 0.4) is 0 Å². The standard InChI is InChI=1S/C14H16N4O3S/c1-10-3-5-12(6-4-10)22(20,21)17-14-7-16-11(2)8-18(14)9-13(15)19/h3-8H,9H2,1-2H3,(H2,15,19)/b17-14+. The summed E-state index contributed by atoms with van der Waals surface area (Å²) in [5, 5.41) is 0. The van der Waals surface area contributed by atoms with Crippen LogP contribution in [-0.4, -0.2) is 23.9 Å². The molecule has 0 aliphatic heterocycles. The molecule has 116 valence electrons.